The van der Waals surface area contributed by atoms with E-state index < -0.39 is 17.6 Å². The van der Waals surface area contributed by atoms with Crippen molar-refractivity contribution >= 4 is 11.8 Å². The van der Waals surface area contributed by atoms with Crippen molar-refractivity contribution in [3.05, 3.63) is 35.4 Å². The monoisotopic (exact) mass is 242 g/mol. The molecule has 1 N–H and O–H groups in total. The quantitative estimate of drug-likeness (QED) is 0.616. The number of carbonyl (C=O) groups excluding carboxylic acids is 1. The topological polar surface area (TPSA) is 54.4 Å². The fourth-order valence-corrected chi connectivity index (χ4v) is 1.38. The van der Waals surface area contributed by atoms with E-state index in [9.17, 15) is 18.4 Å². The number of hydrogen-bond donors (Lipinski definition) is 1. The van der Waals surface area contributed by atoms with Crippen molar-refractivity contribution in [1.82, 2.24) is 0 Å². The Bertz CT molecular complexity index is 430. The molecule has 0 fully saturated rings. The summed E-state index contributed by atoms with van der Waals surface area (Å²) >= 11 is 0. The molecular weight excluding hydrogens is 230 g/mol. The van der Waals surface area contributed by atoms with E-state index in [0.29, 0.717) is 12.8 Å². The summed E-state index contributed by atoms with van der Waals surface area (Å²) in [6.45, 7) is 0. The molecular formula is C12H12F2O3. The lowest BCUT2D eigenvalue weighted by Gasteiger charge is -2.01. The Morgan fingerprint density at radius 3 is 2.29 bits per heavy atom. The Balaban J connectivity index is 2.47. The van der Waals surface area contributed by atoms with Crippen LogP contribution in [-0.2, 0) is 4.79 Å². The maximum absolute atomic E-state index is 12.8. The number of ketones is 1. The lowest BCUT2D eigenvalue weighted by atomic mass is 10.0. The van der Waals surface area contributed by atoms with E-state index in [0.717, 1.165) is 12.1 Å². The zero-order chi connectivity index (χ0) is 12.8. The van der Waals surface area contributed by atoms with Crippen LogP contribution in [0.1, 0.15) is 36.0 Å². The van der Waals surface area contributed by atoms with E-state index >= 15 is 0 Å². The second-order valence-corrected chi connectivity index (χ2v) is 3.65. The number of aliphatic carboxylic acids is 1. The minimum absolute atomic E-state index is 0.00502. The van der Waals surface area contributed by atoms with Crippen molar-refractivity contribution in [1.29, 1.82) is 0 Å². The molecule has 0 unspecified atom stereocenters. The molecule has 0 saturated heterocycles. The molecule has 0 saturated carbocycles. The third-order valence-electron chi connectivity index (χ3n) is 2.29. The zero-order valence-corrected chi connectivity index (χ0v) is 9.08. The number of carboxylic acids is 1. The molecule has 0 aromatic heterocycles. The van der Waals surface area contributed by atoms with Crippen molar-refractivity contribution in [2.45, 2.75) is 25.7 Å². The minimum Gasteiger partial charge on any atom is -0.481 e. The number of carbonyl (C=O) groups is 2. The molecule has 0 aliphatic carbocycles. The Hall–Kier alpha value is -1.78. The van der Waals surface area contributed by atoms with E-state index in [2.05, 4.69) is 0 Å². The predicted molar refractivity (Wildman–Crippen MR) is 56.8 cm³/mol. The van der Waals surface area contributed by atoms with E-state index in [4.69, 9.17) is 5.11 Å². The number of carboxylic acid groups (broad SMARTS) is 1. The molecule has 0 radical (unpaired) electrons. The van der Waals surface area contributed by atoms with Gasteiger partial charge in [-0.2, -0.15) is 0 Å². The number of hydrogen-bond acceptors (Lipinski definition) is 2. The summed E-state index contributed by atoms with van der Waals surface area (Å²) in [7, 11) is 0. The van der Waals surface area contributed by atoms with Crippen molar-refractivity contribution in [2.75, 3.05) is 0 Å². The summed E-state index contributed by atoms with van der Waals surface area (Å²) in [5, 5.41) is 8.39. The summed E-state index contributed by atoms with van der Waals surface area (Å²) in [5.41, 5.74) is 0.110. The molecule has 92 valence electrons. The fraction of sp³-hybridized carbons (Fsp3) is 0.333. The van der Waals surface area contributed by atoms with Gasteiger partial charge in [0.05, 0.1) is 0 Å². The first-order chi connectivity index (χ1) is 8.00. The number of benzene rings is 1. The number of unbranched alkanes of at least 4 members (excludes halogenated alkanes) is 1. The van der Waals surface area contributed by atoms with Crippen molar-refractivity contribution in [2.24, 2.45) is 0 Å². The number of halogens is 2. The fourth-order valence-electron chi connectivity index (χ4n) is 1.38. The SMILES string of the molecule is O=C(O)CCCCC(=O)c1ccc(F)c(F)c1. The highest BCUT2D eigenvalue weighted by molar-refractivity contribution is 5.96. The highest BCUT2D eigenvalue weighted by Crippen LogP contribution is 2.12. The lowest BCUT2D eigenvalue weighted by Crippen LogP contribution is -2.01. The summed E-state index contributed by atoms with van der Waals surface area (Å²) in [4.78, 5) is 21.7. The zero-order valence-electron chi connectivity index (χ0n) is 9.08. The first-order valence-corrected chi connectivity index (χ1v) is 5.20. The van der Waals surface area contributed by atoms with Gasteiger partial charge in [-0.3, -0.25) is 9.59 Å². The number of rotatable bonds is 6. The smallest absolute Gasteiger partial charge is 0.303 e. The average molecular weight is 242 g/mol. The average Bonchev–Trinajstić information content (AvgIpc) is 2.27. The van der Waals surface area contributed by atoms with E-state index in [1.807, 2.05) is 0 Å². The Morgan fingerprint density at radius 1 is 1.06 bits per heavy atom. The van der Waals surface area contributed by atoms with Crippen LogP contribution in [0.3, 0.4) is 0 Å². The van der Waals surface area contributed by atoms with Crippen LogP contribution in [-0.4, -0.2) is 16.9 Å². The van der Waals surface area contributed by atoms with Crippen LogP contribution < -0.4 is 0 Å². The molecule has 0 heterocycles. The third-order valence-corrected chi connectivity index (χ3v) is 2.29. The van der Waals surface area contributed by atoms with Gasteiger partial charge in [0.2, 0.25) is 0 Å². The Kier molecular flexibility index (Phi) is 4.75. The first kappa shape index (κ1) is 13.3. The van der Waals surface area contributed by atoms with Gasteiger partial charge in [-0.15, -0.1) is 0 Å². The molecule has 1 aromatic carbocycles. The highest BCUT2D eigenvalue weighted by Gasteiger charge is 2.09. The van der Waals surface area contributed by atoms with Crippen LogP contribution in [0, 0.1) is 11.6 Å². The largest absolute Gasteiger partial charge is 0.481 e. The molecule has 0 amide bonds. The van der Waals surface area contributed by atoms with Gasteiger partial charge in [0.1, 0.15) is 0 Å². The second-order valence-electron chi connectivity index (χ2n) is 3.65. The normalized spacial score (nSPS) is 10.2. The standard InChI is InChI=1S/C12H12F2O3/c13-9-6-5-8(7-10(9)14)11(15)3-1-2-4-12(16)17/h5-7H,1-4H2,(H,16,17). The summed E-state index contributed by atoms with van der Waals surface area (Å²) in [6, 6.07) is 2.98. The first-order valence-electron chi connectivity index (χ1n) is 5.20. The molecule has 1 aromatic rings. The van der Waals surface area contributed by atoms with Gasteiger partial charge in [0.15, 0.2) is 17.4 Å². The Morgan fingerprint density at radius 2 is 1.71 bits per heavy atom. The molecule has 0 spiro atoms. The summed E-state index contributed by atoms with van der Waals surface area (Å²) < 4.78 is 25.4. The van der Waals surface area contributed by atoms with Gasteiger partial charge < -0.3 is 5.11 Å². The van der Waals surface area contributed by atoms with Crippen LogP contribution in [0.4, 0.5) is 8.78 Å². The molecule has 0 bridgehead atoms. The maximum atomic E-state index is 12.8. The van der Waals surface area contributed by atoms with E-state index in [1.165, 1.54) is 6.07 Å². The van der Waals surface area contributed by atoms with E-state index in [-0.39, 0.29) is 24.2 Å². The van der Waals surface area contributed by atoms with Gasteiger partial charge in [-0.1, -0.05) is 0 Å². The predicted octanol–water partition coefficient (Wildman–Crippen LogP) is 2.79. The Labute approximate surface area is 97.1 Å². The van der Waals surface area contributed by atoms with Crippen LogP contribution in [0.25, 0.3) is 0 Å². The summed E-state index contributed by atoms with van der Waals surface area (Å²) in [6.07, 6.45) is 0.957. The van der Waals surface area contributed by atoms with Crippen LogP contribution in [0.5, 0.6) is 0 Å². The van der Waals surface area contributed by atoms with Gasteiger partial charge in [0.25, 0.3) is 0 Å². The van der Waals surface area contributed by atoms with Crippen molar-refractivity contribution in [3.63, 3.8) is 0 Å². The molecule has 5 heteroatoms. The van der Waals surface area contributed by atoms with Crippen LogP contribution in [0.15, 0.2) is 18.2 Å². The third kappa shape index (κ3) is 4.30. The molecule has 17 heavy (non-hydrogen) atoms. The molecule has 3 nitrogen and oxygen atoms in total. The minimum atomic E-state index is -1.05. The van der Waals surface area contributed by atoms with E-state index in [1.54, 1.807) is 0 Å². The molecule has 1 rings (SSSR count). The van der Waals surface area contributed by atoms with Gasteiger partial charge >= 0.3 is 5.97 Å². The highest BCUT2D eigenvalue weighted by atomic mass is 19.2. The van der Waals surface area contributed by atoms with Crippen molar-refractivity contribution in [3.8, 4) is 0 Å². The van der Waals surface area contributed by atoms with Crippen molar-refractivity contribution < 1.29 is 23.5 Å². The summed E-state index contributed by atoms with van der Waals surface area (Å²) in [5.74, 6) is -3.27. The van der Waals surface area contributed by atoms with Crippen LogP contribution >= 0.6 is 0 Å². The van der Waals surface area contributed by atoms with Gasteiger partial charge in [-0.05, 0) is 31.0 Å². The molecule has 0 atom stereocenters. The molecule has 0 aliphatic rings. The van der Waals surface area contributed by atoms with Crippen LogP contribution in [0.2, 0.25) is 0 Å². The van der Waals surface area contributed by atoms with Gasteiger partial charge in [0, 0.05) is 18.4 Å². The maximum Gasteiger partial charge on any atom is 0.303 e. The lowest BCUT2D eigenvalue weighted by molar-refractivity contribution is -0.137. The second kappa shape index (κ2) is 6.08. The van der Waals surface area contributed by atoms with Gasteiger partial charge in [-0.25, -0.2) is 8.78 Å². The number of Topliss-reactive ketones (excluding diaryl/α,β-unsaturated/α-hetero) is 1. The molecule has 0 aliphatic heterocycles.